The van der Waals surface area contributed by atoms with Gasteiger partial charge in [-0.05, 0) is 44.2 Å². The first-order valence-electron chi connectivity index (χ1n) is 13.5. The molecular weight excluding hydrogens is 462 g/mol. The zero-order chi connectivity index (χ0) is 25.1. The molecule has 1 aliphatic carbocycles. The Hall–Kier alpha value is -1.93. The Balaban J connectivity index is 1.44. The molecule has 1 aliphatic heterocycles. The standard InChI is InChI=1S/C27H43N3O4S/c1-2-3-4-5-6-12-21-35(33,34)30-19-17-23(18-20-30)27(32)29-25-16-11-10-15-24(25)28-26(31)22-13-8-7-9-14-22/h7-9,13-14,23-25H,2-6,10-12,15-21H2,1H3,(H,28,31)(H,29,32)/t24-,25-/m1/s1. The quantitative estimate of drug-likeness (QED) is 0.415. The topological polar surface area (TPSA) is 95.6 Å². The smallest absolute Gasteiger partial charge is 0.251 e. The van der Waals surface area contributed by atoms with Gasteiger partial charge < -0.3 is 10.6 Å². The minimum absolute atomic E-state index is 0.0103. The number of hydrogen-bond donors (Lipinski definition) is 2. The molecule has 0 bridgehead atoms. The second kappa shape index (κ2) is 14.0. The highest BCUT2D eigenvalue weighted by molar-refractivity contribution is 7.89. The van der Waals surface area contributed by atoms with E-state index in [1.807, 2.05) is 18.2 Å². The summed E-state index contributed by atoms with van der Waals surface area (Å²) in [6, 6.07) is 8.98. The van der Waals surface area contributed by atoms with Gasteiger partial charge in [-0.2, -0.15) is 0 Å². The summed E-state index contributed by atoms with van der Waals surface area (Å²) in [6.45, 7) is 3.00. The summed E-state index contributed by atoms with van der Waals surface area (Å²) in [5, 5.41) is 6.30. The number of sulfonamides is 1. The van der Waals surface area contributed by atoms with E-state index in [4.69, 9.17) is 0 Å². The number of benzene rings is 1. The van der Waals surface area contributed by atoms with Gasteiger partial charge in [-0.3, -0.25) is 9.59 Å². The van der Waals surface area contributed by atoms with E-state index in [-0.39, 0.29) is 35.6 Å². The molecule has 0 aromatic heterocycles. The molecule has 2 aliphatic rings. The minimum Gasteiger partial charge on any atom is -0.351 e. The molecule has 1 aromatic rings. The number of carbonyl (C=O) groups is 2. The Kier molecular flexibility index (Phi) is 11.0. The molecule has 1 saturated carbocycles. The molecule has 1 saturated heterocycles. The van der Waals surface area contributed by atoms with Crippen molar-refractivity contribution in [1.29, 1.82) is 0 Å². The summed E-state index contributed by atoms with van der Waals surface area (Å²) < 4.78 is 27.0. The van der Waals surface area contributed by atoms with Crippen LogP contribution in [0.4, 0.5) is 0 Å². The van der Waals surface area contributed by atoms with Crippen LogP contribution in [0.15, 0.2) is 30.3 Å². The predicted octanol–water partition coefficient (Wildman–Crippen LogP) is 4.25. The first kappa shape index (κ1) is 27.7. The van der Waals surface area contributed by atoms with E-state index in [2.05, 4.69) is 17.6 Å². The van der Waals surface area contributed by atoms with Gasteiger partial charge in [0.25, 0.3) is 5.91 Å². The molecule has 1 aromatic carbocycles. The Bertz CT molecular complexity index is 898. The summed E-state index contributed by atoms with van der Waals surface area (Å²) in [5.41, 5.74) is 0.623. The number of carbonyl (C=O) groups excluding carboxylic acids is 2. The van der Waals surface area contributed by atoms with Crippen LogP contribution in [0.5, 0.6) is 0 Å². The third-order valence-corrected chi connectivity index (χ3v) is 9.38. The number of amides is 2. The fourth-order valence-electron chi connectivity index (χ4n) is 5.21. The number of nitrogens with zero attached hydrogens (tertiary/aromatic N) is 1. The highest BCUT2D eigenvalue weighted by Gasteiger charge is 2.34. The number of rotatable bonds is 12. The van der Waals surface area contributed by atoms with Gasteiger partial charge in [0, 0.05) is 36.7 Å². The van der Waals surface area contributed by atoms with Crippen molar-refractivity contribution in [1.82, 2.24) is 14.9 Å². The summed E-state index contributed by atoms with van der Waals surface area (Å²) in [5.74, 6) is -0.0896. The van der Waals surface area contributed by atoms with Crippen molar-refractivity contribution in [2.24, 2.45) is 5.92 Å². The van der Waals surface area contributed by atoms with Crippen molar-refractivity contribution in [3.63, 3.8) is 0 Å². The van der Waals surface area contributed by atoms with Crippen LogP contribution < -0.4 is 10.6 Å². The number of hydrogen-bond acceptors (Lipinski definition) is 4. The first-order valence-corrected chi connectivity index (χ1v) is 15.2. The first-order chi connectivity index (χ1) is 16.9. The van der Waals surface area contributed by atoms with E-state index in [9.17, 15) is 18.0 Å². The number of nitrogens with one attached hydrogen (secondary N) is 2. The second-order valence-corrected chi connectivity index (χ2v) is 12.2. The lowest BCUT2D eigenvalue weighted by atomic mass is 9.88. The molecule has 1 heterocycles. The zero-order valence-electron chi connectivity index (χ0n) is 21.2. The Morgan fingerprint density at radius 1 is 0.857 bits per heavy atom. The number of piperidine rings is 1. The molecule has 2 amide bonds. The normalized spacial score (nSPS) is 22.0. The van der Waals surface area contributed by atoms with Gasteiger partial charge >= 0.3 is 0 Å². The lowest BCUT2D eigenvalue weighted by Gasteiger charge is -2.35. The Morgan fingerprint density at radius 2 is 1.46 bits per heavy atom. The van der Waals surface area contributed by atoms with Crippen molar-refractivity contribution < 1.29 is 18.0 Å². The fraction of sp³-hybridized carbons (Fsp3) is 0.704. The molecule has 2 atom stereocenters. The molecule has 2 N–H and O–H groups in total. The largest absolute Gasteiger partial charge is 0.351 e. The second-order valence-electron chi connectivity index (χ2n) is 10.1. The zero-order valence-corrected chi connectivity index (χ0v) is 22.0. The number of unbranched alkanes of at least 4 members (excludes halogenated alkanes) is 5. The van der Waals surface area contributed by atoms with Gasteiger partial charge in [-0.25, -0.2) is 12.7 Å². The van der Waals surface area contributed by atoms with Crippen LogP contribution in [0.2, 0.25) is 0 Å². The average Bonchev–Trinajstić information content (AvgIpc) is 2.88. The van der Waals surface area contributed by atoms with Gasteiger partial charge in [0.05, 0.1) is 5.75 Å². The third kappa shape index (κ3) is 8.60. The van der Waals surface area contributed by atoms with Crippen molar-refractivity contribution in [3.8, 4) is 0 Å². The molecular formula is C27H43N3O4S. The lowest BCUT2D eigenvalue weighted by Crippen LogP contribution is -2.55. The molecule has 3 rings (SSSR count). The van der Waals surface area contributed by atoms with Crippen molar-refractivity contribution in [3.05, 3.63) is 35.9 Å². The van der Waals surface area contributed by atoms with Crippen LogP contribution in [-0.2, 0) is 14.8 Å². The summed E-state index contributed by atoms with van der Waals surface area (Å²) in [6.07, 6.45) is 11.2. The average molecular weight is 506 g/mol. The Labute approximate surface area is 211 Å². The van der Waals surface area contributed by atoms with Gasteiger partial charge in [0.1, 0.15) is 0 Å². The van der Waals surface area contributed by atoms with E-state index in [1.54, 1.807) is 16.4 Å². The molecule has 8 heteroatoms. The van der Waals surface area contributed by atoms with E-state index in [0.717, 1.165) is 38.5 Å². The van der Waals surface area contributed by atoms with Crippen LogP contribution in [0, 0.1) is 5.92 Å². The molecule has 7 nitrogen and oxygen atoms in total. The predicted molar refractivity (Wildman–Crippen MR) is 140 cm³/mol. The van der Waals surface area contributed by atoms with E-state index < -0.39 is 10.0 Å². The van der Waals surface area contributed by atoms with Gasteiger partial charge in [0.15, 0.2) is 0 Å². The van der Waals surface area contributed by atoms with Crippen molar-refractivity contribution in [2.45, 2.75) is 96.1 Å². The fourth-order valence-corrected chi connectivity index (χ4v) is 6.80. The van der Waals surface area contributed by atoms with Gasteiger partial charge in [-0.15, -0.1) is 0 Å². The molecule has 2 fully saturated rings. The minimum atomic E-state index is -3.25. The molecule has 0 unspecified atom stereocenters. The Morgan fingerprint density at radius 3 is 2.11 bits per heavy atom. The third-order valence-electron chi connectivity index (χ3n) is 7.42. The van der Waals surface area contributed by atoms with E-state index in [1.165, 1.54) is 19.3 Å². The molecule has 196 valence electrons. The highest BCUT2D eigenvalue weighted by Crippen LogP contribution is 2.24. The van der Waals surface area contributed by atoms with Gasteiger partial charge in [0.2, 0.25) is 15.9 Å². The summed E-state index contributed by atoms with van der Waals surface area (Å²) in [4.78, 5) is 25.7. The van der Waals surface area contributed by atoms with Crippen LogP contribution >= 0.6 is 0 Å². The lowest BCUT2D eigenvalue weighted by molar-refractivity contribution is -0.127. The molecule has 0 spiro atoms. The SMILES string of the molecule is CCCCCCCCS(=O)(=O)N1CCC(C(=O)N[C@@H]2CCCC[C@H]2NC(=O)c2ccccc2)CC1. The maximum Gasteiger partial charge on any atom is 0.251 e. The van der Waals surface area contributed by atoms with Gasteiger partial charge in [-0.1, -0.05) is 70.1 Å². The molecule has 0 radical (unpaired) electrons. The molecule has 35 heavy (non-hydrogen) atoms. The van der Waals surface area contributed by atoms with Crippen molar-refractivity contribution in [2.75, 3.05) is 18.8 Å². The maximum absolute atomic E-state index is 13.0. The van der Waals surface area contributed by atoms with E-state index >= 15 is 0 Å². The monoisotopic (exact) mass is 505 g/mol. The maximum atomic E-state index is 13.0. The van der Waals surface area contributed by atoms with Crippen LogP contribution in [0.1, 0.15) is 94.3 Å². The van der Waals surface area contributed by atoms with Crippen molar-refractivity contribution >= 4 is 21.8 Å². The highest BCUT2D eigenvalue weighted by atomic mass is 32.2. The van der Waals surface area contributed by atoms with Crippen LogP contribution in [-0.4, -0.2) is 55.5 Å². The summed E-state index contributed by atoms with van der Waals surface area (Å²) >= 11 is 0. The summed E-state index contributed by atoms with van der Waals surface area (Å²) in [7, 11) is -3.25. The van der Waals surface area contributed by atoms with Crippen LogP contribution in [0.25, 0.3) is 0 Å². The van der Waals surface area contributed by atoms with Crippen LogP contribution in [0.3, 0.4) is 0 Å². The van der Waals surface area contributed by atoms with E-state index in [0.29, 0.717) is 37.9 Å².